The Morgan fingerprint density at radius 2 is 2.06 bits per heavy atom. The molecule has 0 aliphatic heterocycles. The molecule has 0 saturated carbocycles. The van der Waals surface area contributed by atoms with Crippen LogP contribution >= 0.6 is 22.6 Å². The number of carbonyl (C=O) groups is 2. The van der Waals surface area contributed by atoms with Crippen molar-refractivity contribution in [2.75, 3.05) is 0 Å². The third kappa shape index (κ3) is 3.00. The minimum Gasteiger partial charge on any atom is -0.392 e. The number of sulfonamides is 1. The smallest absolute Gasteiger partial charge is 0.346 e. The number of primary sulfonamides is 1. The second kappa shape index (κ2) is 4.89. The molecule has 0 spiro atoms. The fourth-order valence-electron chi connectivity index (χ4n) is 1.01. The molecule has 0 amide bonds. The van der Waals surface area contributed by atoms with Crippen LogP contribution in [0.15, 0.2) is 23.1 Å². The molecule has 0 aromatic heterocycles. The lowest BCUT2D eigenvalue weighted by Crippen LogP contribution is -2.18. The molecule has 0 aliphatic carbocycles. The Morgan fingerprint density at radius 1 is 1.44 bits per heavy atom. The van der Waals surface area contributed by atoms with Crippen LogP contribution in [0.3, 0.4) is 0 Å². The standard InChI is InChI=1S/C8H6INO5S/c9-5-1-2-6(8(12)15-4-11)7(3-5)16(10,13)14/h1-4H,(H2,10,13,14). The largest absolute Gasteiger partial charge is 0.392 e. The van der Waals surface area contributed by atoms with Crippen LogP contribution in [0, 0.1) is 3.57 Å². The van der Waals surface area contributed by atoms with E-state index in [2.05, 4.69) is 4.74 Å². The maximum absolute atomic E-state index is 11.2. The summed E-state index contributed by atoms with van der Waals surface area (Å²) >= 11 is 1.87. The van der Waals surface area contributed by atoms with Gasteiger partial charge in [-0.15, -0.1) is 0 Å². The summed E-state index contributed by atoms with van der Waals surface area (Å²) in [6.07, 6.45) is 0. The van der Waals surface area contributed by atoms with Gasteiger partial charge >= 0.3 is 12.4 Å². The predicted molar refractivity (Wildman–Crippen MR) is 62.0 cm³/mol. The van der Waals surface area contributed by atoms with E-state index in [1.54, 1.807) is 0 Å². The molecule has 0 saturated heterocycles. The Balaban J connectivity index is 3.40. The third-order valence-electron chi connectivity index (χ3n) is 1.63. The van der Waals surface area contributed by atoms with Crippen molar-refractivity contribution in [3.63, 3.8) is 0 Å². The molecule has 0 aliphatic rings. The lowest BCUT2D eigenvalue weighted by Gasteiger charge is -2.05. The lowest BCUT2D eigenvalue weighted by molar-refractivity contribution is -0.123. The van der Waals surface area contributed by atoms with Crippen LogP contribution in [0.1, 0.15) is 10.4 Å². The topological polar surface area (TPSA) is 104 Å². The van der Waals surface area contributed by atoms with Crippen molar-refractivity contribution in [3.8, 4) is 0 Å². The second-order valence-electron chi connectivity index (χ2n) is 2.69. The summed E-state index contributed by atoms with van der Waals surface area (Å²) in [5.74, 6) is -1.06. The molecular formula is C8H6INO5S. The van der Waals surface area contributed by atoms with E-state index in [9.17, 15) is 18.0 Å². The molecular weight excluding hydrogens is 349 g/mol. The summed E-state index contributed by atoms with van der Waals surface area (Å²) in [6.45, 7) is -0.0762. The number of benzene rings is 1. The summed E-state index contributed by atoms with van der Waals surface area (Å²) in [5, 5.41) is 4.93. The summed E-state index contributed by atoms with van der Waals surface area (Å²) in [7, 11) is -4.04. The SMILES string of the molecule is NS(=O)(=O)c1cc(I)ccc1C(=O)OC=O. The van der Waals surface area contributed by atoms with Crippen LogP contribution in [-0.4, -0.2) is 20.9 Å². The summed E-state index contributed by atoms with van der Waals surface area (Å²) in [5.41, 5.74) is -0.269. The molecule has 6 nitrogen and oxygen atoms in total. The van der Waals surface area contributed by atoms with Crippen molar-refractivity contribution in [2.24, 2.45) is 5.14 Å². The Kier molecular flexibility index (Phi) is 3.99. The molecule has 1 aromatic carbocycles. The molecule has 1 aromatic rings. The van der Waals surface area contributed by atoms with E-state index >= 15 is 0 Å². The van der Waals surface area contributed by atoms with E-state index in [1.165, 1.54) is 18.2 Å². The normalized spacial score (nSPS) is 10.9. The van der Waals surface area contributed by atoms with E-state index in [0.717, 1.165) is 0 Å². The Labute approximate surface area is 105 Å². The average Bonchev–Trinajstić information content (AvgIpc) is 2.16. The molecule has 0 fully saturated rings. The van der Waals surface area contributed by atoms with Gasteiger partial charge in [-0.2, -0.15) is 0 Å². The fourth-order valence-corrected chi connectivity index (χ4v) is 2.46. The highest BCUT2D eigenvalue weighted by molar-refractivity contribution is 14.1. The first-order chi connectivity index (χ1) is 7.36. The van der Waals surface area contributed by atoms with Crippen LogP contribution < -0.4 is 5.14 Å². The second-order valence-corrected chi connectivity index (χ2v) is 5.46. The summed E-state index contributed by atoms with van der Waals surface area (Å²) < 4.78 is 27.0. The zero-order valence-electron chi connectivity index (χ0n) is 7.71. The van der Waals surface area contributed by atoms with Crippen LogP contribution in [0.25, 0.3) is 0 Å². The number of halogens is 1. The van der Waals surface area contributed by atoms with Gasteiger partial charge in [0.1, 0.15) is 0 Å². The van der Waals surface area contributed by atoms with Crippen molar-refractivity contribution >= 4 is 45.1 Å². The van der Waals surface area contributed by atoms with Crippen LogP contribution in [-0.2, 0) is 19.6 Å². The first kappa shape index (κ1) is 13.1. The Hall–Kier alpha value is -1.00. The van der Waals surface area contributed by atoms with Gasteiger partial charge in [-0.25, -0.2) is 18.4 Å². The van der Waals surface area contributed by atoms with Gasteiger partial charge in [0, 0.05) is 3.57 Å². The van der Waals surface area contributed by atoms with E-state index in [1.807, 2.05) is 22.6 Å². The highest BCUT2D eigenvalue weighted by Gasteiger charge is 2.20. The van der Waals surface area contributed by atoms with Gasteiger partial charge in [0.15, 0.2) is 0 Å². The first-order valence-corrected chi connectivity index (χ1v) is 6.45. The maximum Gasteiger partial charge on any atom is 0.346 e. The third-order valence-corrected chi connectivity index (χ3v) is 3.25. The minimum absolute atomic E-state index is 0.0762. The van der Waals surface area contributed by atoms with Crippen LogP contribution in [0.5, 0.6) is 0 Å². The highest BCUT2D eigenvalue weighted by atomic mass is 127. The van der Waals surface area contributed by atoms with Crippen molar-refractivity contribution in [3.05, 3.63) is 27.3 Å². The number of hydrogen-bond acceptors (Lipinski definition) is 5. The van der Waals surface area contributed by atoms with Gasteiger partial charge < -0.3 is 4.74 Å². The molecule has 0 atom stereocenters. The van der Waals surface area contributed by atoms with Crippen LogP contribution in [0.4, 0.5) is 0 Å². The maximum atomic E-state index is 11.2. The minimum atomic E-state index is -4.04. The number of hydrogen-bond donors (Lipinski definition) is 1. The van der Waals surface area contributed by atoms with E-state index < -0.39 is 16.0 Å². The number of rotatable bonds is 3. The fraction of sp³-hybridized carbons (Fsp3) is 0. The average molecular weight is 355 g/mol. The monoisotopic (exact) mass is 355 g/mol. The molecule has 0 radical (unpaired) electrons. The zero-order valence-corrected chi connectivity index (χ0v) is 10.7. The molecule has 0 unspecified atom stereocenters. The quantitative estimate of drug-likeness (QED) is 0.362. The lowest BCUT2D eigenvalue weighted by atomic mass is 10.2. The van der Waals surface area contributed by atoms with Gasteiger partial charge in [0.2, 0.25) is 10.0 Å². The van der Waals surface area contributed by atoms with Gasteiger partial charge in [-0.3, -0.25) is 4.79 Å². The van der Waals surface area contributed by atoms with Crippen molar-refractivity contribution in [1.82, 2.24) is 0 Å². The highest BCUT2D eigenvalue weighted by Crippen LogP contribution is 2.18. The van der Waals surface area contributed by atoms with Crippen molar-refractivity contribution in [2.45, 2.75) is 4.90 Å². The van der Waals surface area contributed by atoms with Gasteiger partial charge in [0.25, 0.3) is 0 Å². The molecule has 8 heteroatoms. The molecule has 2 N–H and O–H groups in total. The van der Waals surface area contributed by atoms with Gasteiger partial charge in [-0.1, -0.05) is 0 Å². The van der Waals surface area contributed by atoms with Crippen molar-refractivity contribution < 1.29 is 22.7 Å². The predicted octanol–water partition coefficient (Wildman–Crippen LogP) is 0.252. The molecule has 86 valence electrons. The van der Waals surface area contributed by atoms with E-state index in [0.29, 0.717) is 3.57 Å². The van der Waals surface area contributed by atoms with E-state index in [-0.39, 0.29) is 16.9 Å². The molecule has 16 heavy (non-hydrogen) atoms. The summed E-state index contributed by atoms with van der Waals surface area (Å²) in [4.78, 5) is 20.9. The van der Waals surface area contributed by atoms with Gasteiger partial charge in [-0.05, 0) is 40.8 Å². The van der Waals surface area contributed by atoms with Crippen LogP contribution in [0.2, 0.25) is 0 Å². The molecule has 0 heterocycles. The number of esters is 1. The number of ether oxygens (including phenoxy) is 1. The first-order valence-electron chi connectivity index (χ1n) is 3.83. The Bertz CT molecular complexity index is 539. The van der Waals surface area contributed by atoms with Crippen molar-refractivity contribution in [1.29, 1.82) is 0 Å². The number of nitrogens with two attached hydrogens (primary N) is 1. The zero-order chi connectivity index (χ0) is 12.3. The van der Waals surface area contributed by atoms with E-state index in [4.69, 9.17) is 5.14 Å². The molecule has 0 bridgehead atoms. The molecule has 1 rings (SSSR count). The summed E-state index contributed by atoms with van der Waals surface area (Å²) in [6, 6.07) is 3.95. The van der Waals surface area contributed by atoms with Gasteiger partial charge in [0.05, 0.1) is 10.5 Å². The Morgan fingerprint density at radius 3 is 2.56 bits per heavy atom. The number of carbonyl (C=O) groups excluding carboxylic acids is 2.